The van der Waals surface area contributed by atoms with E-state index in [-0.39, 0.29) is 4.90 Å². The number of thioether (sulfide) groups is 1. The van der Waals surface area contributed by atoms with E-state index in [1.807, 2.05) is 25.1 Å². The summed E-state index contributed by atoms with van der Waals surface area (Å²) in [5.41, 5.74) is 2.16. The van der Waals surface area contributed by atoms with Gasteiger partial charge in [0.15, 0.2) is 4.34 Å². The number of hydrogen-bond donors (Lipinski definition) is 1. The van der Waals surface area contributed by atoms with E-state index in [1.54, 1.807) is 35.2 Å². The summed E-state index contributed by atoms with van der Waals surface area (Å²) in [6.07, 6.45) is 2.91. The molecule has 23 heavy (non-hydrogen) atoms. The molecule has 1 heterocycles. The zero-order chi connectivity index (χ0) is 16.9. The zero-order valence-electron chi connectivity index (χ0n) is 12.8. The highest BCUT2D eigenvalue weighted by atomic mass is 32.2. The van der Waals surface area contributed by atoms with Crippen LogP contribution >= 0.6 is 23.1 Å². The van der Waals surface area contributed by atoms with Crippen molar-refractivity contribution in [2.24, 2.45) is 0 Å². The van der Waals surface area contributed by atoms with Crippen LogP contribution in [0, 0.1) is 0 Å². The van der Waals surface area contributed by atoms with E-state index in [4.69, 9.17) is 4.55 Å². The van der Waals surface area contributed by atoms with Crippen LogP contribution in [0.15, 0.2) is 57.8 Å². The summed E-state index contributed by atoms with van der Waals surface area (Å²) in [6.45, 7) is 1.97. The second kappa shape index (κ2) is 7.92. The Hall–Kier alpha value is -1.41. The quantitative estimate of drug-likeness (QED) is 0.545. The molecule has 1 aromatic heterocycles. The van der Waals surface area contributed by atoms with Gasteiger partial charge in [-0.3, -0.25) is 4.55 Å². The number of rotatable bonds is 3. The Morgan fingerprint density at radius 2 is 1.78 bits per heavy atom. The van der Waals surface area contributed by atoms with E-state index < -0.39 is 10.1 Å². The van der Waals surface area contributed by atoms with E-state index in [1.165, 1.54) is 16.8 Å². The molecule has 2 aromatic carbocycles. The molecular weight excluding hydrogens is 350 g/mol. The molecule has 122 valence electrons. The van der Waals surface area contributed by atoms with Crippen molar-refractivity contribution in [3.8, 4) is 0 Å². The minimum absolute atomic E-state index is 0.0558. The number of nitrogens with zero attached hydrogens (tertiary/aromatic N) is 1. The molecule has 3 aromatic rings. The van der Waals surface area contributed by atoms with Crippen molar-refractivity contribution in [3.05, 3.63) is 54.1 Å². The Bertz CT molecular complexity index is 838. The van der Waals surface area contributed by atoms with Gasteiger partial charge in [-0.25, -0.2) is 4.98 Å². The third-order valence-corrected chi connectivity index (χ3v) is 5.97. The molecule has 3 rings (SSSR count). The summed E-state index contributed by atoms with van der Waals surface area (Å²) < 4.78 is 32.2. The maximum Gasteiger partial charge on any atom is 0.294 e. The van der Waals surface area contributed by atoms with Crippen LogP contribution in [0.3, 0.4) is 0 Å². The van der Waals surface area contributed by atoms with Gasteiger partial charge in [0.1, 0.15) is 0 Å². The highest BCUT2D eigenvalue weighted by Gasteiger charge is 2.07. The first-order chi connectivity index (χ1) is 10.9. The van der Waals surface area contributed by atoms with Crippen molar-refractivity contribution in [2.45, 2.75) is 22.6 Å². The van der Waals surface area contributed by atoms with Crippen LogP contribution < -0.4 is 0 Å². The van der Waals surface area contributed by atoms with Gasteiger partial charge in [0.25, 0.3) is 10.1 Å². The number of fused-ring (bicyclic) bond motifs is 1. The van der Waals surface area contributed by atoms with Crippen LogP contribution in [0.25, 0.3) is 10.2 Å². The largest absolute Gasteiger partial charge is 0.294 e. The van der Waals surface area contributed by atoms with Crippen LogP contribution in [0.5, 0.6) is 0 Å². The van der Waals surface area contributed by atoms with Crippen LogP contribution in [0.1, 0.15) is 12.5 Å². The molecule has 0 unspecified atom stereocenters. The first kappa shape index (κ1) is 17.9. The number of benzene rings is 2. The lowest BCUT2D eigenvalue weighted by Crippen LogP contribution is -1.97. The number of thiazole rings is 1. The van der Waals surface area contributed by atoms with E-state index in [0.717, 1.165) is 21.8 Å². The Kier molecular flexibility index (Phi) is 6.17. The summed E-state index contributed by atoms with van der Waals surface area (Å²) in [6, 6.07) is 14.4. The Morgan fingerprint density at radius 1 is 1.13 bits per heavy atom. The van der Waals surface area contributed by atoms with Crippen LogP contribution in [0.4, 0.5) is 0 Å². The maximum absolute atomic E-state index is 10.6. The van der Waals surface area contributed by atoms with E-state index >= 15 is 0 Å². The molecule has 0 fully saturated rings. The van der Waals surface area contributed by atoms with E-state index in [2.05, 4.69) is 17.3 Å². The normalized spacial score (nSPS) is 11.1. The number of aryl methyl sites for hydroxylation is 1. The van der Waals surface area contributed by atoms with E-state index in [9.17, 15) is 8.42 Å². The standard InChI is InChI=1S/C8H7NS2.C8H10O3S/c1-10-8-9-6-4-2-3-5-7(6)11-8;1-2-7-3-5-8(6-4-7)12(9,10)11/h2-5H,1H3;3-6H,2H2,1H3,(H,9,10,11). The second-order valence-electron chi connectivity index (χ2n) is 4.62. The highest BCUT2D eigenvalue weighted by Crippen LogP contribution is 2.27. The molecular formula is C16H17NO3S3. The van der Waals surface area contributed by atoms with Crippen LogP contribution in [0.2, 0.25) is 0 Å². The second-order valence-corrected chi connectivity index (χ2v) is 8.13. The van der Waals surface area contributed by atoms with Crippen LogP contribution in [-0.2, 0) is 16.5 Å². The molecule has 0 spiro atoms. The number of aromatic nitrogens is 1. The van der Waals surface area contributed by atoms with Crippen LogP contribution in [-0.4, -0.2) is 24.2 Å². The Labute approximate surface area is 144 Å². The molecule has 0 aliphatic rings. The fourth-order valence-electron chi connectivity index (χ4n) is 1.84. The summed E-state index contributed by atoms with van der Waals surface area (Å²) >= 11 is 3.45. The monoisotopic (exact) mass is 367 g/mol. The zero-order valence-corrected chi connectivity index (χ0v) is 15.2. The van der Waals surface area contributed by atoms with Gasteiger partial charge in [0.05, 0.1) is 15.1 Å². The number of hydrogen-bond acceptors (Lipinski definition) is 5. The van der Waals surface area contributed by atoms with Gasteiger partial charge in [-0.1, -0.05) is 43.0 Å². The average molecular weight is 368 g/mol. The van der Waals surface area contributed by atoms with Crippen molar-refractivity contribution in [3.63, 3.8) is 0 Å². The first-order valence-corrected chi connectivity index (χ1v) is 10.4. The molecule has 0 radical (unpaired) electrons. The van der Waals surface area contributed by atoms with Gasteiger partial charge in [-0.05, 0) is 42.5 Å². The molecule has 0 amide bonds. The third kappa shape index (κ3) is 5.04. The van der Waals surface area contributed by atoms with Gasteiger partial charge >= 0.3 is 0 Å². The van der Waals surface area contributed by atoms with Gasteiger partial charge in [0, 0.05) is 0 Å². The van der Waals surface area contributed by atoms with Crippen molar-refractivity contribution in [1.82, 2.24) is 4.98 Å². The average Bonchev–Trinajstić information content (AvgIpc) is 2.98. The topological polar surface area (TPSA) is 67.3 Å². The lowest BCUT2D eigenvalue weighted by atomic mass is 10.2. The van der Waals surface area contributed by atoms with Gasteiger partial charge in [-0.15, -0.1) is 11.3 Å². The van der Waals surface area contributed by atoms with Crippen molar-refractivity contribution in [1.29, 1.82) is 0 Å². The molecule has 0 aliphatic heterocycles. The fraction of sp³-hybridized carbons (Fsp3) is 0.188. The maximum atomic E-state index is 10.6. The Balaban J connectivity index is 0.000000167. The van der Waals surface area contributed by atoms with Crippen molar-refractivity contribution < 1.29 is 13.0 Å². The minimum atomic E-state index is -4.03. The lowest BCUT2D eigenvalue weighted by Gasteiger charge is -1.97. The molecule has 4 nitrogen and oxygen atoms in total. The molecule has 0 saturated heterocycles. The van der Waals surface area contributed by atoms with Crippen molar-refractivity contribution >= 4 is 43.4 Å². The van der Waals surface area contributed by atoms with Gasteiger partial charge in [-0.2, -0.15) is 8.42 Å². The van der Waals surface area contributed by atoms with E-state index in [0.29, 0.717) is 0 Å². The predicted molar refractivity (Wildman–Crippen MR) is 97.0 cm³/mol. The summed E-state index contributed by atoms with van der Waals surface area (Å²) in [5, 5.41) is 0. The molecule has 0 atom stereocenters. The number of para-hydroxylation sites is 1. The lowest BCUT2D eigenvalue weighted by molar-refractivity contribution is 0.483. The Morgan fingerprint density at radius 3 is 2.30 bits per heavy atom. The summed E-state index contributed by atoms with van der Waals surface area (Å²) in [5.74, 6) is 0. The summed E-state index contributed by atoms with van der Waals surface area (Å²) in [7, 11) is -4.03. The molecule has 0 saturated carbocycles. The smallest absolute Gasteiger partial charge is 0.282 e. The fourth-order valence-corrected chi connectivity index (χ4v) is 3.80. The van der Waals surface area contributed by atoms with Gasteiger partial charge < -0.3 is 0 Å². The molecule has 0 bridgehead atoms. The third-order valence-electron chi connectivity index (χ3n) is 3.08. The highest BCUT2D eigenvalue weighted by molar-refractivity contribution is 8.00. The SMILES string of the molecule is CCc1ccc(S(=O)(=O)O)cc1.CSc1nc2ccccc2s1. The summed E-state index contributed by atoms with van der Waals surface area (Å²) in [4.78, 5) is 4.36. The molecule has 0 aliphatic carbocycles. The molecule has 1 N–H and O–H groups in total. The molecule has 7 heteroatoms. The predicted octanol–water partition coefficient (Wildman–Crippen LogP) is 4.51. The first-order valence-electron chi connectivity index (χ1n) is 6.90. The minimum Gasteiger partial charge on any atom is -0.282 e. The van der Waals surface area contributed by atoms with Gasteiger partial charge in [0.2, 0.25) is 0 Å². The van der Waals surface area contributed by atoms with Crippen molar-refractivity contribution in [2.75, 3.05) is 6.26 Å².